The van der Waals surface area contributed by atoms with E-state index in [9.17, 15) is 14.4 Å². The molecule has 2 aromatic rings. The summed E-state index contributed by atoms with van der Waals surface area (Å²) < 4.78 is 0.894. The maximum absolute atomic E-state index is 12.9. The van der Waals surface area contributed by atoms with Crippen LogP contribution in [0.5, 0.6) is 0 Å². The van der Waals surface area contributed by atoms with Crippen LogP contribution in [-0.2, 0) is 9.59 Å². The molecule has 2 aliphatic rings. The summed E-state index contributed by atoms with van der Waals surface area (Å²) in [6.07, 6.45) is 6.29. The first-order valence-electron chi connectivity index (χ1n) is 11.4. The van der Waals surface area contributed by atoms with Gasteiger partial charge in [-0.3, -0.25) is 14.4 Å². The SMILES string of the molecule is Cc1[nH]c(C=C2C(=O)Nc3ccc(Br)cc32)c(C)c1C(=O)NCCCN1CCCCCC1=O. The van der Waals surface area contributed by atoms with Gasteiger partial charge in [0.2, 0.25) is 5.91 Å². The molecule has 4 rings (SSSR count). The average Bonchev–Trinajstić information content (AvgIpc) is 3.13. The van der Waals surface area contributed by atoms with Crippen LogP contribution in [-0.4, -0.2) is 47.2 Å². The lowest BCUT2D eigenvalue weighted by atomic mass is 10.0. The predicted molar refractivity (Wildman–Crippen MR) is 133 cm³/mol. The van der Waals surface area contributed by atoms with Crippen molar-refractivity contribution in [3.63, 3.8) is 0 Å². The number of hydrogen-bond acceptors (Lipinski definition) is 3. The summed E-state index contributed by atoms with van der Waals surface area (Å²) in [5.74, 6) is -0.0886. The van der Waals surface area contributed by atoms with E-state index in [1.807, 2.05) is 36.9 Å². The van der Waals surface area contributed by atoms with Crippen LogP contribution in [0, 0.1) is 13.8 Å². The van der Waals surface area contributed by atoms with Crippen LogP contribution in [0.2, 0.25) is 0 Å². The second-order valence-electron chi connectivity index (χ2n) is 8.67. The highest BCUT2D eigenvalue weighted by Gasteiger charge is 2.26. The molecule has 0 atom stereocenters. The minimum atomic E-state index is -0.163. The van der Waals surface area contributed by atoms with Gasteiger partial charge in [-0.05, 0) is 62.9 Å². The van der Waals surface area contributed by atoms with Gasteiger partial charge in [0, 0.05) is 53.2 Å². The first kappa shape index (κ1) is 23.3. The van der Waals surface area contributed by atoms with Crippen molar-refractivity contribution in [2.45, 2.75) is 46.0 Å². The number of H-pyrrole nitrogens is 1. The largest absolute Gasteiger partial charge is 0.358 e. The predicted octanol–water partition coefficient (Wildman–Crippen LogP) is 4.41. The molecule has 1 fully saturated rings. The third-order valence-corrected chi connectivity index (χ3v) is 6.81. The van der Waals surface area contributed by atoms with E-state index in [1.54, 1.807) is 6.08 Å². The lowest BCUT2D eigenvalue weighted by Gasteiger charge is -2.20. The fourth-order valence-electron chi connectivity index (χ4n) is 4.54. The smallest absolute Gasteiger partial charge is 0.256 e. The van der Waals surface area contributed by atoms with Gasteiger partial charge in [0.15, 0.2) is 0 Å². The lowest BCUT2D eigenvalue weighted by molar-refractivity contribution is -0.130. The number of aromatic amines is 1. The average molecular weight is 513 g/mol. The Bertz CT molecular complexity index is 1130. The normalized spacial score (nSPS) is 17.2. The van der Waals surface area contributed by atoms with Crippen LogP contribution >= 0.6 is 15.9 Å². The Kier molecular flexibility index (Phi) is 7.02. The number of fused-ring (bicyclic) bond motifs is 1. The van der Waals surface area contributed by atoms with E-state index in [2.05, 4.69) is 31.5 Å². The number of hydrogen-bond donors (Lipinski definition) is 3. The molecule has 8 heteroatoms. The number of aromatic nitrogens is 1. The molecule has 3 amide bonds. The van der Waals surface area contributed by atoms with Gasteiger partial charge in [0.1, 0.15) is 0 Å². The Labute approximate surface area is 202 Å². The molecule has 1 aromatic carbocycles. The molecule has 3 heterocycles. The van der Waals surface area contributed by atoms with Crippen molar-refractivity contribution < 1.29 is 14.4 Å². The zero-order valence-electron chi connectivity index (χ0n) is 19.0. The minimum Gasteiger partial charge on any atom is -0.358 e. The second-order valence-corrected chi connectivity index (χ2v) is 9.58. The molecule has 2 aliphatic heterocycles. The number of halogens is 1. The zero-order valence-corrected chi connectivity index (χ0v) is 20.6. The van der Waals surface area contributed by atoms with E-state index >= 15 is 0 Å². The summed E-state index contributed by atoms with van der Waals surface area (Å²) in [6, 6.07) is 5.66. The fourth-order valence-corrected chi connectivity index (χ4v) is 4.90. The van der Waals surface area contributed by atoms with Gasteiger partial charge in [0.25, 0.3) is 11.8 Å². The molecule has 0 unspecified atom stereocenters. The Morgan fingerprint density at radius 1 is 1.21 bits per heavy atom. The minimum absolute atomic E-state index is 0.146. The molecule has 0 bridgehead atoms. The van der Waals surface area contributed by atoms with Gasteiger partial charge in [0.05, 0.1) is 11.1 Å². The highest BCUT2D eigenvalue weighted by atomic mass is 79.9. The van der Waals surface area contributed by atoms with Crippen LogP contribution in [0.15, 0.2) is 22.7 Å². The molecular formula is C25H29BrN4O3. The lowest BCUT2D eigenvalue weighted by Crippen LogP contribution is -2.34. The van der Waals surface area contributed by atoms with Gasteiger partial charge in [-0.25, -0.2) is 0 Å². The van der Waals surface area contributed by atoms with E-state index in [1.165, 1.54) is 0 Å². The molecule has 3 N–H and O–H groups in total. The molecule has 0 saturated carbocycles. The van der Waals surface area contributed by atoms with Crippen LogP contribution in [0.3, 0.4) is 0 Å². The summed E-state index contributed by atoms with van der Waals surface area (Å²) in [5, 5.41) is 5.86. The van der Waals surface area contributed by atoms with Gasteiger partial charge in [-0.2, -0.15) is 0 Å². The van der Waals surface area contributed by atoms with E-state index in [4.69, 9.17) is 0 Å². The number of nitrogens with one attached hydrogen (secondary N) is 3. The second kappa shape index (κ2) is 9.95. The Morgan fingerprint density at radius 2 is 2.03 bits per heavy atom. The van der Waals surface area contributed by atoms with E-state index in [0.29, 0.717) is 30.6 Å². The van der Waals surface area contributed by atoms with Crippen LogP contribution in [0.4, 0.5) is 5.69 Å². The number of aryl methyl sites for hydroxylation is 1. The van der Waals surface area contributed by atoms with Crippen molar-refractivity contribution in [2.75, 3.05) is 25.0 Å². The van der Waals surface area contributed by atoms with Gasteiger partial charge >= 0.3 is 0 Å². The third kappa shape index (κ3) is 5.05. The van der Waals surface area contributed by atoms with Crippen molar-refractivity contribution in [3.8, 4) is 0 Å². The van der Waals surface area contributed by atoms with E-state index in [-0.39, 0.29) is 17.7 Å². The highest BCUT2D eigenvalue weighted by Crippen LogP contribution is 2.35. The number of carbonyl (C=O) groups excluding carboxylic acids is 3. The number of benzene rings is 1. The number of carbonyl (C=O) groups is 3. The Morgan fingerprint density at radius 3 is 2.85 bits per heavy atom. The molecule has 0 spiro atoms. The molecule has 0 radical (unpaired) electrons. The fraction of sp³-hybridized carbons (Fsp3) is 0.400. The molecule has 174 valence electrons. The summed E-state index contributed by atoms with van der Waals surface area (Å²) in [7, 11) is 0. The summed E-state index contributed by atoms with van der Waals surface area (Å²) in [6.45, 7) is 5.74. The zero-order chi connectivity index (χ0) is 23.5. The number of likely N-dealkylation sites (tertiary alicyclic amines) is 1. The monoisotopic (exact) mass is 512 g/mol. The van der Waals surface area contributed by atoms with Crippen molar-refractivity contribution in [1.29, 1.82) is 0 Å². The molecule has 0 aliphatic carbocycles. The first-order valence-corrected chi connectivity index (χ1v) is 12.2. The first-order chi connectivity index (χ1) is 15.8. The van der Waals surface area contributed by atoms with E-state index < -0.39 is 0 Å². The molecule has 33 heavy (non-hydrogen) atoms. The van der Waals surface area contributed by atoms with Crippen molar-refractivity contribution >= 4 is 51.0 Å². The molecule has 7 nitrogen and oxygen atoms in total. The third-order valence-electron chi connectivity index (χ3n) is 6.32. The van der Waals surface area contributed by atoms with E-state index in [0.717, 1.165) is 64.9 Å². The van der Waals surface area contributed by atoms with Crippen LogP contribution < -0.4 is 10.6 Å². The number of nitrogens with zero attached hydrogens (tertiary/aromatic N) is 1. The topological polar surface area (TPSA) is 94.3 Å². The number of amides is 3. The molecule has 1 aromatic heterocycles. The summed E-state index contributed by atoms with van der Waals surface area (Å²) in [5.41, 5.74) is 5.06. The maximum atomic E-state index is 12.9. The Balaban J connectivity index is 1.43. The van der Waals surface area contributed by atoms with Gasteiger partial charge in [-0.1, -0.05) is 22.4 Å². The van der Waals surface area contributed by atoms with Crippen molar-refractivity contribution in [1.82, 2.24) is 15.2 Å². The van der Waals surface area contributed by atoms with Crippen LogP contribution in [0.1, 0.15) is 65.0 Å². The number of anilines is 1. The summed E-state index contributed by atoms with van der Waals surface area (Å²) in [4.78, 5) is 42.7. The summed E-state index contributed by atoms with van der Waals surface area (Å²) >= 11 is 3.46. The molecular weight excluding hydrogens is 484 g/mol. The van der Waals surface area contributed by atoms with Gasteiger partial charge < -0.3 is 20.5 Å². The standard InChI is InChI=1S/C25H29BrN4O3/c1-15-21(14-19-18-13-17(26)8-9-20(18)29-24(19)32)28-16(2)23(15)25(33)27-10-6-12-30-11-5-3-4-7-22(30)31/h8-9,13-14,28H,3-7,10-12H2,1-2H3,(H,27,33)(H,29,32). The van der Waals surface area contributed by atoms with Crippen molar-refractivity contribution in [3.05, 3.63) is 50.8 Å². The van der Waals surface area contributed by atoms with Crippen LogP contribution in [0.25, 0.3) is 11.6 Å². The van der Waals surface area contributed by atoms with Crippen molar-refractivity contribution in [2.24, 2.45) is 0 Å². The Hall–Kier alpha value is -2.87. The van der Waals surface area contributed by atoms with Gasteiger partial charge in [-0.15, -0.1) is 0 Å². The highest BCUT2D eigenvalue weighted by molar-refractivity contribution is 9.10. The number of rotatable bonds is 6. The quantitative estimate of drug-likeness (QED) is 0.395. The maximum Gasteiger partial charge on any atom is 0.256 e. The molecule has 1 saturated heterocycles.